The minimum atomic E-state index is -0.523. The Kier molecular flexibility index (Phi) is 4.37. The van der Waals surface area contributed by atoms with Crippen LogP contribution < -0.4 is 5.32 Å². The molecular formula is C14H21N3O2. The van der Waals surface area contributed by atoms with Gasteiger partial charge in [-0.1, -0.05) is 6.07 Å². The maximum absolute atomic E-state index is 12.1. The predicted molar refractivity (Wildman–Crippen MR) is 72.9 cm³/mol. The summed E-state index contributed by atoms with van der Waals surface area (Å²) in [5.41, 5.74) is 0.547. The zero-order valence-corrected chi connectivity index (χ0v) is 11.6. The van der Waals surface area contributed by atoms with Crippen molar-refractivity contribution in [1.29, 1.82) is 0 Å². The van der Waals surface area contributed by atoms with Gasteiger partial charge < -0.3 is 15.0 Å². The second kappa shape index (κ2) is 6.02. The van der Waals surface area contributed by atoms with E-state index in [-0.39, 0.29) is 6.09 Å². The standard InChI is InChI=1S/C14H21N3O2/c1-14(2,10-12-4-3-5-16-11-12)19-13(18)17-8-6-15-7-9-17/h3-5,11,15H,6-10H2,1-2H3. The van der Waals surface area contributed by atoms with Crippen molar-refractivity contribution in [2.75, 3.05) is 26.2 Å². The summed E-state index contributed by atoms with van der Waals surface area (Å²) in [5, 5.41) is 3.21. The van der Waals surface area contributed by atoms with Crippen molar-refractivity contribution in [3.8, 4) is 0 Å². The van der Waals surface area contributed by atoms with E-state index in [0.717, 1.165) is 18.7 Å². The molecule has 5 nitrogen and oxygen atoms in total. The van der Waals surface area contributed by atoms with Gasteiger partial charge in [-0.25, -0.2) is 4.79 Å². The Bertz CT molecular complexity index is 414. The number of hydrogen-bond donors (Lipinski definition) is 1. The summed E-state index contributed by atoms with van der Waals surface area (Å²) < 4.78 is 5.61. The topological polar surface area (TPSA) is 54.5 Å². The number of carbonyl (C=O) groups is 1. The maximum atomic E-state index is 12.1. The van der Waals surface area contributed by atoms with Gasteiger partial charge in [0.2, 0.25) is 0 Å². The molecule has 1 fully saturated rings. The quantitative estimate of drug-likeness (QED) is 0.896. The number of aromatic nitrogens is 1. The van der Waals surface area contributed by atoms with Crippen LogP contribution in [0.5, 0.6) is 0 Å². The summed E-state index contributed by atoms with van der Waals surface area (Å²) in [7, 11) is 0. The fourth-order valence-electron chi connectivity index (χ4n) is 2.18. The molecule has 19 heavy (non-hydrogen) atoms. The SMILES string of the molecule is CC(C)(Cc1cccnc1)OC(=O)N1CCNCC1. The molecule has 1 aromatic heterocycles. The van der Waals surface area contributed by atoms with Gasteiger partial charge in [-0.05, 0) is 25.5 Å². The Balaban J connectivity index is 1.90. The van der Waals surface area contributed by atoms with E-state index in [0.29, 0.717) is 19.5 Å². The van der Waals surface area contributed by atoms with E-state index < -0.39 is 5.60 Å². The summed E-state index contributed by atoms with van der Waals surface area (Å²) in [6, 6.07) is 3.89. The fraction of sp³-hybridized carbons (Fsp3) is 0.571. The van der Waals surface area contributed by atoms with Gasteiger partial charge in [0.1, 0.15) is 5.60 Å². The summed E-state index contributed by atoms with van der Waals surface area (Å²) >= 11 is 0. The van der Waals surface area contributed by atoms with Crippen molar-refractivity contribution in [2.24, 2.45) is 0 Å². The van der Waals surface area contributed by atoms with Crippen molar-refractivity contribution >= 4 is 6.09 Å². The molecule has 0 aliphatic carbocycles. The van der Waals surface area contributed by atoms with Crippen LogP contribution in [0.3, 0.4) is 0 Å². The number of nitrogens with one attached hydrogen (secondary N) is 1. The van der Waals surface area contributed by atoms with Gasteiger partial charge in [0.15, 0.2) is 0 Å². The lowest BCUT2D eigenvalue weighted by atomic mass is 10.00. The molecule has 0 saturated carbocycles. The maximum Gasteiger partial charge on any atom is 0.410 e. The molecule has 0 aromatic carbocycles. The highest BCUT2D eigenvalue weighted by Gasteiger charge is 2.27. The minimum Gasteiger partial charge on any atom is -0.443 e. The summed E-state index contributed by atoms with van der Waals surface area (Å²) in [6.45, 7) is 6.94. The Labute approximate surface area is 114 Å². The molecule has 1 amide bonds. The van der Waals surface area contributed by atoms with E-state index in [2.05, 4.69) is 10.3 Å². The van der Waals surface area contributed by atoms with Gasteiger partial charge in [-0.15, -0.1) is 0 Å². The normalized spacial score (nSPS) is 16.2. The zero-order chi connectivity index (χ0) is 13.7. The Morgan fingerprint density at radius 2 is 2.21 bits per heavy atom. The van der Waals surface area contributed by atoms with Gasteiger partial charge in [0, 0.05) is 45.0 Å². The molecule has 104 valence electrons. The van der Waals surface area contributed by atoms with Crippen LogP contribution in [0.25, 0.3) is 0 Å². The van der Waals surface area contributed by atoms with Crippen molar-refractivity contribution in [3.05, 3.63) is 30.1 Å². The predicted octanol–water partition coefficient (Wildman–Crippen LogP) is 1.44. The molecule has 2 rings (SSSR count). The molecule has 0 spiro atoms. The number of piperazine rings is 1. The molecule has 2 heterocycles. The Hall–Kier alpha value is -1.62. The lowest BCUT2D eigenvalue weighted by Crippen LogP contribution is -2.48. The van der Waals surface area contributed by atoms with Gasteiger partial charge in [0.25, 0.3) is 0 Å². The highest BCUT2D eigenvalue weighted by molar-refractivity contribution is 5.68. The van der Waals surface area contributed by atoms with Crippen LogP contribution in [0.2, 0.25) is 0 Å². The largest absolute Gasteiger partial charge is 0.443 e. The first kappa shape index (κ1) is 13.8. The van der Waals surface area contributed by atoms with Crippen molar-refractivity contribution in [2.45, 2.75) is 25.9 Å². The van der Waals surface area contributed by atoms with E-state index >= 15 is 0 Å². The molecule has 0 radical (unpaired) electrons. The molecular weight excluding hydrogens is 242 g/mol. The van der Waals surface area contributed by atoms with Crippen LogP contribution in [-0.4, -0.2) is 47.8 Å². The number of pyridine rings is 1. The first-order valence-electron chi connectivity index (χ1n) is 6.64. The lowest BCUT2D eigenvalue weighted by Gasteiger charge is -2.32. The third-order valence-corrected chi connectivity index (χ3v) is 3.09. The molecule has 1 aliphatic heterocycles. The van der Waals surface area contributed by atoms with Crippen LogP contribution in [0.4, 0.5) is 4.79 Å². The van der Waals surface area contributed by atoms with Gasteiger partial charge in [-0.3, -0.25) is 4.98 Å². The molecule has 0 bridgehead atoms. The zero-order valence-electron chi connectivity index (χ0n) is 11.6. The lowest BCUT2D eigenvalue weighted by molar-refractivity contribution is 0.0120. The highest BCUT2D eigenvalue weighted by atomic mass is 16.6. The van der Waals surface area contributed by atoms with Crippen LogP contribution >= 0.6 is 0 Å². The van der Waals surface area contributed by atoms with Crippen LogP contribution in [0.15, 0.2) is 24.5 Å². The van der Waals surface area contributed by atoms with Crippen LogP contribution in [-0.2, 0) is 11.2 Å². The number of nitrogens with zero attached hydrogens (tertiary/aromatic N) is 2. The molecule has 0 atom stereocenters. The number of rotatable bonds is 3. The van der Waals surface area contributed by atoms with Gasteiger partial charge in [-0.2, -0.15) is 0 Å². The molecule has 0 unspecified atom stereocenters. The van der Waals surface area contributed by atoms with Crippen molar-refractivity contribution in [3.63, 3.8) is 0 Å². The number of hydrogen-bond acceptors (Lipinski definition) is 4. The van der Waals surface area contributed by atoms with Gasteiger partial charge >= 0.3 is 6.09 Å². The summed E-state index contributed by atoms with van der Waals surface area (Å²) in [5.74, 6) is 0. The van der Waals surface area contributed by atoms with E-state index in [1.807, 2.05) is 26.0 Å². The smallest absolute Gasteiger partial charge is 0.410 e. The molecule has 1 N–H and O–H groups in total. The second-order valence-corrected chi connectivity index (χ2v) is 5.40. The number of carbonyl (C=O) groups excluding carboxylic acids is 1. The fourth-order valence-corrected chi connectivity index (χ4v) is 2.18. The first-order valence-corrected chi connectivity index (χ1v) is 6.64. The third kappa shape index (κ3) is 4.21. The minimum absolute atomic E-state index is 0.226. The average molecular weight is 263 g/mol. The monoisotopic (exact) mass is 263 g/mol. The van der Waals surface area contributed by atoms with E-state index in [1.165, 1.54) is 0 Å². The highest BCUT2D eigenvalue weighted by Crippen LogP contribution is 2.18. The van der Waals surface area contributed by atoms with Crippen LogP contribution in [0.1, 0.15) is 19.4 Å². The van der Waals surface area contributed by atoms with E-state index in [4.69, 9.17) is 4.74 Å². The Morgan fingerprint density at radius 3 is 2.84 bits per heavy atom. The molecule has 5 heteroatoms. The summed E-state index contributed by atoms with van der Waals surface area (Å²) in [6.07, 6.45) is 3.98. The van der Waals surface area contributed by atoms with E-state index in [1.54, 1.807) is 17.3 Å². The molecule has 1 saturated heterocycles. The van der Waals surface area contributed by atoms with Crippen molar-refractivity contribution in [1.82, 2.24) is 15.2 Å². The average Bonchev–Trinajstić information content (AvgIpc) is 2.39. The van der Waals surface area contributed by atoms with Crippen LogP contribution in [0, 0.1) is 0 Å². The number of ether oxygens (including phenoxy) is 1. The van der Waals surface area contributed by atoms with Crippen molar-refractivity contribution < 1.29 is 9.53 Å². The summed E-state index contributed by atoms with van der Waals surface area (Å²) in [4.78, 5) is 17.9. The third-order valence-electron chi connectivity index (χ3n) is 3.09. The molecule has 1 aliphatic rings. The Morgan fingerprint density at radius 1 is 1.47 bits per heavy atom. The number of amides is 1. The second-order valence-electron chi connectivity index (χ2n) is 5.40. The first-order chi connectivity index (χ1) is 9.07. The molecule has 1 aromatic rings. The van der Waals surface area contributed by atoms with E-state index in [9.17, 15) is 4.79 Å². The van der Waals surface area contributed by atoms with Gasteiger partial charge in [0.05, 0.1) is 0 Å².